The fourth-order valence-electron chi connectivity index (χ4n) is 4.24. The Morgan fingerprint density at radius 2 is 1.74 bits per heavy atom. The standard InChI is InChI=1S/C23H26N4O6S/c1-15-6-9-17(10-7-15)26-34(31,32)19-14-16(8-11-18(19)33-2)20(28)25-27-21(29)23(24-22(27)30)12-4-3-5-13-23/h6-11,14,26H,3-5,12-13H2,1-2H3,(H,24,30)(H,25,28). The zero-order valence-corrected chi connectivity index (χ0v) is 19.7. The molecule has 10 nitrogen and oxygen atoms in total. The number of carbonyl (C=O) groups excluding carboxylic acids is 3. The summed E-state index contributed by atoms with van der Waals surface area (Å²) in [5.41, 5.74) is 2.58. The third-order valence-corrected chi connectivity index (χ3v) is 7.50. The van der Waals surface area contributed by atoms with Crippen molar-refractivity contribution in [1.29, 1.82) is 0 Å². The van der Waals surface area contributed by atoms with Gasteiger partial charge in [0, 0.05) is 11.3 Å². The number of methoxy groups -OCH3 is 1. The lowest BCUT2D eigenvalue weighted by atomic mass is 9.82. The molecule has 1 aliphatic carbocycles. The molecule has 34 heavy (non-hydrogen) atoms. The SMILES string of the molecule is COc1ccc(C(=O)NN2C(=O)NC3(CCCCC3)C2=O)cc1S(=O)(=O)Nc1ccc(C)cc1. The first-order valence-corrected chi connectivity index (χ1v) is 12.4. The van der Waals surface area contributed by atoms with Gasteiger partial charge >= 0.3 is 6.03 Å². The molecule has 0 unspecified atom stereocenters. The smallest absolute Gasteiger partial charge is 0.344 e. The summed E-state index contributed by atoms with van der Waals surface area (Å²) in [6.45, 7) is 1.88. The topological polar surface area (TPSA) is 134 Å². The molecule has 1 saturated carbocycles. The molecule has 11 heteroatoms. The Hall–Kier alpha value is -3.60. The summed E-state index contributed by atoms with van der Waals surface area (Å²) in [6, 6.07) is 9.89. The van der Waals surface area contributed by atoms with Gasteiger partial charge in [0.2, 0.25) is 0 Å². The molecular weight excluding hydrogens is 460 g/mol. The van der Waals surface area contributed by atoms with E-state index >= 15 is 0 Å². The van der Waals surface area contributed by atoms with Crippen molar-refractivity contribution < 1.29 is 27.5 Å². The number of rotatable bonds is 6. The molecule has 2 fully saturated rings. The lowest BCUT2D eigenvalue weighted by Crippen LogP contribution is -2.50. The van der Waals surface area contributed by atoms with E-state index in [-0.39, 0.29) is 16.2 Å². The van der Waals surface area contributed by atoms with Crippen molar-refractivity contribution >= 4 is 33.6 Å². The summed E-state index contributed by atoms with van der Waals surface area (Å²) in [5, 5.41) is 3.39. The van der Waals surface area contributed by atoms with Gasteiger partial charge in [-0.1, -0.05) is 37.0 Å². The van der Waals surface area contributed by atoms with Crippen LogP contribution in [0.1, 0.15) is 48.0 Å². The summed E-state index contributed by atoms with van der Waals surface area (Å²) >= 11 is 0. The molecule has 0 aromatic heterocycles. The second-order valence-corrected chi connectivity index (χ2v) is 10.1. The van der Waals surface area contributed by atoms with Crippen molar-refractivity contribution in [2.45, 2.75) is 49.5 Å². The van der Waals surface area contributed by atoms with Crippen LogP contribution in [0.25, 0.3) is 0 Å². The van der Waals surface area contributed by atoms with Crippen LogP contribution < -0.4 is 20.2 Å². The molecule has 1 saturated heterocycles. The van der Waals surface area contributed by atoms with Crippen LogP contribution in [0.4, 0.5) is 10.5 Å². The number of amides is 4. The van der Waals surface area contributed by atoms with E-state index in [1.54, 1.807) is 24.3 Å². The number of hydrogen-bond donors (Lipinski definition) is 3. The number of carbonyl (C=O) groups is 3. The highest BCUT2D eigenvalue weighted by Crippen LogP contribution is 2.33. The number of anilines is 1. The zero-order chi connectivity index (χ0) is 24.5. The van der Waals surface area contributed by atoms with Gasteiger partial charge in [0.1, 0.15) is 16.2 Å². The summed E-state index contributed by atoms with van der Waals surface area (Å²) in [4.78, 5) is 38.0. The highest BCUT2D eigenvalue weighted by molar-refractivity contribution is 7.92. The highest BCUT2D eigenvalue weighted by Gasteiger charge is 2.52. The normalized spacial score (nSPS) is 17.4. The number of sulfonamides is 1. The van der Waals surface area contributed by atoms with E-state index in [0.29, 0.717) is 23.5 Å². The maximum atomic E-state index is 13.0. The van der Waals surface area contributed by atoms with Crippen LogP contribution in [0.2, 0.25) is 0 Å². The number of hydrazine groups is 1. The summed E-state index contributed by atoms with van der Waals surface area (Å²) in [5.74, 6) is -1.27. The van der Waals surface area contributed by atoms with E-state index in [2.05, 4.69) is 15.5 Å². The van der Waals surface area contributed by atoms with Gasteiger partial charge in [0.15, 0.2) is 0 Å². The fourth-order valence-corrected chi connectivity index (χ4v) is 5.50. The quantitative estimate of drug-likeness (QED) is 0.538. The molecule has 1 aliphatic heterocycles. The van der Waals surface area contributed by atoms with E-state index in [0.717, 1.165) is 30.9 Å². The third-order valence-electron chi connectivity index (χ3n) is 6.10. The van der Waals surface area contributed by atoms with E-state index < -0.39 is 33.4 Å². The Bertz CT molecular complexity index is 1240. The van der Waals surface area contributed by atoms with Gasteiger partial charge in [-0.3, -0.25) is 19.7 Å². The van der Waals surface area contributed by atoms with Crippen LogP contribution in [0.3, 0.4) is 0 Å². The minimum absolute atomic E-state index is 0.0345. The summed E-state index contributed by atoms with van der Waals surface area (Å²) in [6.07, 6.45) is 3.62. The third kappa shape index (κ3) is 4.43. The van der Waals surface area contributed by atoms with Crippen LogP contribution >= 0.6 is 0 Å². The van der Waals surface area contributed by atoms with Crippen LogP contribution in [-0.2, 0) is 14.8 Å². The van der Waals surface area contributed by atoms with Gasteiger partial charge in [-0.05, 0) is 50.1 Å². The van der Waals surface area contributed by atoms with Crippen LogP contribution in [0.5, 0.6) is 5.75 Å². The Labute approximate surface area is 197 Å². The zero-order valence-electron chi connectivity index (χ0n) is 18.9. The van der Waals surface area contributed by atoms with Gasteiger partial charge in [-0.15, -0.1) is 0 Å². The molecule has 0 atom stereocenters. The maximum Gasteiger partial charge on any atom is 0.344 e. The first-order valence-electron chi connectivity index (χ1n) is 10.9. The molecule has 0 bridgehead atoms. The molecule has 4 amide bonds. The first kappa shape index (κ1) is 23.6. The monoisotopic (exact) mass is 486 g/mol. The predicted octanol–water partition coefficient (Wildman–Crippen LogP) is 2.70. The van der Waals surface area contributed by atoms with Gasteiger partial charge in [0.05, 0.1) is 7.11 Å². The van der Waals surface area contributed by atoms with Crippen molar-refractivity contribution in [3.63, 3.8) is 0 Å². The second-order valence-electron chi connectivity index (χ2n) is 8.49. The number of nitrogens with one attached hydrogen (secondary N) is 3. The number of hydrogen-bond acceptors (Lipinski definition) is 6. The molecule has 180 valence electrons. The van der Waals surface area contributed by atoms with E-state index in [4.69, 9.17) is 4.74 Å². The molecule has 0 radical (unpaired) electrons. The first-order chi connectivity index (χ1) is 16.1. The summed E-state index contributed by atoms with van der Waals surface area (Å²) in [7, 11) is -2.79. The highest BCUT2D eigenvalue weighted by atomic mass is 32.2. The number of benzene rings is 2. The largest absolute Gasteiger partial charge is 0.495 e. The van der Waals surface area contributed by atoms with E-state index in [1.807, 2.05) is 6.92 Å². The lowest BCUT2D eigenvalue weighted by molar-refractivity contribution is -0.134. The Kier molecular flexibility index (Phi) is 6.22. The van der Waals surface area contributed by atoms with E-state index in [9.17, 15) is 22.8 Å². The minimum Gasteiger partial charge on any atom is -0.495 e. The Morgan fingerprint density at radius 1 is 1.06 bits per heavy atom. The fraction of sp³-hybridized carbons (Fsp3) is 0.348. The molecule has 1 spiro atoms. The van der Waals surface area contributed by atoms with Gasteiger partial charge in [0.25, 0.3) is 21.8 Å². The number of ether oxygens (including phenoxy) is 1. The van der Waals surface area contributed by atoms with E-state index in [1.165, 1.54) is 19.2 Å². The summed E-state index contributed by atoms with van der Waals surface area (Å²) < 4.78 is 33.7. The number of nitrogens with zero attached hydrogens (tertiary/aromatic N) is 1. The molecular formula is C23H26N4O6S. The van der Waals surface area contributed by atoms with Crippen molar-refractivity contribution in [2.24, 2.45) is 0 Å². The van der Waals surface area contributed by atoms with Crippen molar-refractivity contribution in [3.05, 3.63) is 53.6 Å². The maximum absolute atomic E-state index is 13.0. The Morgan fingerprint density at radius 3 is 2.38 bits per heavy atom. The Balaban J connectivity index is 1.57. The van der Waals surface area contributed by atoms with Gasteiger partial charge < -0.3 is 10.1 Å². The van der Waals surface area contributed by atoms with Crippen molar-refractivity contribution in [3.8, 4) is 5.75 Å². The molecule has 1 heterocycles. The van der Waals surface area contributed by atoms with Gasteiger partial charge in [-0.25, -0.2) is 13.2 Å². The minimum atomic E-state index is -4.11. The second kappa shape index (κ2) is 8.98. The number of urea groups is 1. The molecule has 3 N–H and O–H groups in total. The predicted molar refractivity (Wildman–Crippen MR) is 124 cm³/mol. The lowest BCUT2D eigenvalue weighted by Gasteiger charge is -2.30. The molecule has 4 rings (SSSR count). The van der Waals surface area contributed by atoms with Crippen LogP contribution in [0, 0.1) is 6.92 Å². The van der Waals surface area contributed by atoms with Crippen molar-refractivity contribution in [1.82, 2.24) is 15.8 Å². The molecule has 2 aromatic rings. The van der Waals surface area contributed by atoms with Crippen LogP contribution in [0.15, 0.2) is 47.4 Å². The average Bonchev–Trinajstić information content (AvgIpc) is 3.04. The molecule has 2 aromatic carbocycles. The van der Waals surface area contributed by atoms with Gasteiger partial charge in [-0.2, -0.15) is 5.01 Å². The number of aryl methyl sites for hydroxylation is 1. The van der Waals surface area contributed by atoms with Crippen molar-refractivity contribution in [2.75, 3.05) is 11.8 Å². The van der Waals surface area contributed by atoms with Crippen LogP contribution in [-0.4, -0.2) is 43.9 Å². The number of imide groups is 1. The average molecular weight is 487 g/mol. The molecule has 2 aliphatic rings.